The van der Waals surface area contributed by atoms with Crippen molar-refractivity contribution in [1.29, 1.82) is 0 Å². The van der Waals surface area contributed by atoms with Crippen molar-refractivity contribution in [2.75, 3.05) is 18.5 Å². The molecule has 3 rings (SSSR count). The summed E-state index contributed by atoms with van der Waals surface area (Å²) in [6.07, 6.45) is 2.80. The number of hydrogen-bond donors (Lipinski definition) is 1. The first-order valence-corrected chi connectivity index (χ1v) is 11.4. The second kappa shape index (κ2) is 9.30. The average Bonchev–Trinajstić information content (AvgIpc) is 2.97. The molecule has 1 atom stereocenters. The molecule has 0 fully saturated rings. The van der Waals surface area contributed by atoms with Gasteiger partial charge in [0.25, 0.3) is 5.91 Å². The second-order valence-corrected chi connectivity index (χ2v) is 9.50. The molecular weight excluding hydrogens is 454 g/mol. The molecule has 29 heavy (non-hydrogen) atoms. The van der Waals surface area contributed by atoms with Gasteiger partial charge < -0.3 is 14.8 Å². The highest BCUT2D eigenvalue weighted by Crippen LogP contribution is 2.40. The van der Waals surface area contributed by atoms with Crippen LogP contribution in [-0.4, -0.2) is 25.1 Å². The van der Waals surface area contributed by atoms with E-state index < -0.39 is 0 Å². The molecule has 5 nitrogen and oxygen atoms in total. The lowest BCUT2D eigenvalue weighted by Gasteiger charge is -2.18. The largest absolute Gasteiger partial charge is 0.483 e. The lowest BCUT2D eigenvalue weighted by Crippen LogP contribution is -2.22. The van der Waals surface area contributed by atoms with Crippen LogP contribution in [0, 0.1) is 19.8 Å². The number of fused-ring (bicyclic) bond motifs is 1. The highest BCUT2D eigenvalue weighted by atomic mass is 79.9. The monoisotopic (exact) mass is 479 g/mol. The number of aryl methyl sites for hydroxylation is 2. The number of nitrogens with one attached hydrogen (secondary N) is 1. The third-order valence-corrected chi connectivity index (χ3v) is 6.64. The zero-order valence-corrected chi connectivity index (χ0v) is 19.6. The van der Waals surface area contributed by atoms with Crippen molar-refractivity contribution >= 4 is 44.1 Å². The van der Waals surface area contributed by atoms with Crippen molar-refractivity contribution < 1.29 is 19.1 Å². The Labute approximate surface area is 183 Å². The summed E-state index contributed by atoms with van der Waals surface area (Å²) in [5, 5.41) is 3.46. The Hall–Kier alpha value is -1.86. The molecule has 7 heteroatoms. The average molecular weight is 480 g/mol. The minimum absolute atomic E-state index is 0.120. The number of halogens is 1. The van der Waals surface area contributed by atoms with Crippen molar-refractivity contribution in [2.24, 2.45) is 5.92 Å². The predicted octanol–water partition coefficient (Wildman–Crippen LogP) is 5.45. The minimum Gasteiger partial charge on any atom is -0.483 e. The number of anilines is 1. The minimum atomic E-state index is -0.365. The van der Waals surface area contributed by atoms with Crippen LogP contribution in [0.4, 0.5) is 5.00 Å². The van der Waals surface area contributed by atoms with Crippen LogP contribution in [0.2, 0.25) is 0 Å². The van der Waals surface area contributed by atoms with Gasteiger partial charge >= 0.3 is 5.97 Å². The first-order valence-electron chi connectivity index (χ1n) is 9.81. The van der Waals surface area contributed by atoms with E-state index >= 15 is 0 Å². The van der Waals surface area contributed by atoms with Crippen LogP contribution in [0.1, 0.15) is 52.2 Å². The van der Waals surface area contributed by atoms with Gasteiger partial charge in [-0.05, 0) is 74.8 Å². The van der Waals surface area contributed by atoms with E-state index in [-0.39, 0.29) is 18.5 Å². The van der Waals surface area contributed by atoms with Gasteiger partial charge in [-0.1, -0.05) is 22.9 Å². The zero-order chi connectivity index (χ0) is 21.1. The molecule has 0 spiro atoms. The number of carbonyl (C=O) groups excluding carboxylic acids is 2. The first kappa shape index (κ1) is 21.8. The molecule has 1 N–H and O–H groups in total. The van der Waals surface area contributed by atoms with Crippen molar-refractivity contribution in [3.05, 3.63) is 43.7 Å². The summed E-state index contributed by atoms with van der Waals surface area (Å²) in [7, 11) is 0. The summed E-state index contributed by atoms with van der Waals surface area (Å²) in [5.41, 5.74) is 3.46. The number of ether oxygens (including phenoxy) is 2. The maximum Gasteiger partial charge on any atom is 0.341 e. The molecular formula is C22H26BrNO4S. The molecule has 1 aromatic heterocycles. The van der Waals surface area contributed by atoms with Crippen molar-refractivity contribution in [3.8, 4) is 5.75 Å². The Morgan fingerprint density at radius 3 is 2.62 bits per heavy atom. The smallest absolute Gasteiger partial charge is 0.341 e. The third-order valence-electron chi connectivity index (χ3n) is 5.02. The molecule has 1 aliphatic rings. The number of hydrogen-bond acceptors (Lipinski definition) is 5. The summed E-state index contributed by atoms with van der Waals surface area (Å²) in [6.45, 7) is 8.06. The predicted molar refractivity (Wildman–Crippen MR) is 119 cm³/mol. The molecule has 156 valence electrons. The van der Waals surface area contributed by atoms with E-state index in [2.05, 4.69) is 28.2 Å². The van der Waals surface area contributed by atoms with Gasteiger partial charge in [0.15, 0.2) is 6.61 Å². The highest BCUT2D eigenvalue weighted by molar-refractivity contribution is 9.10. The molecule has 0 unspecified atom stereocenters. The van der Waals surface area contributed by atoms with Gasteiger partial charge in [0, 0.05) is 9.35 Å². The van der Waals surface area contributed by atoms with Gasteiger partial charge in [-0.25, -0.2) is 4.79 Å². The van der Waals surface area contributed by atoms with Gasteiger partial charge in [0.05, 0.1) is 12.2 Å². The highest BCUT2D eigenvalue weighted by Gasteiger charge is 2.29. The van der Waals surface area contributed by atoms with Gasteiger partial charge in [0.1, 0.15) is 10.8 Å². The van der Waals surface area contributed by atoms with Crippen LogP contribution in [0.25, 0.3) is 0 Å². The normalized spacial score (nSPS) is 15.6. The molecule has 1 aromatic carbocycles. The van der Waals surface area contributed by atoms with E-state index in [1.807, 2.05) is 26.0 Å². The summed E-state index contributed by atoms with van der Waals surface area (Å²) in [6, 6.07) is 3.90. The summed E-state index contributed by atoms with van der Waals surface area (Å²) < 4.78 is 12.0. The number of carbonyl (C=O) groups is 2. The quantitative estimate of drug-likeness (QED) is 0.559. The summed E-state index contributed by atoms with van der Waals surface area (Å²) >= 11 is 4.94. The zero-order valence-electron chi connectivity index (χ0n) is 17.2. The third kappa shape index (κ3) is 5.01. The van der Waals surface area contributed by atoms with Crippen LogP contribution >= 0.6 is 27.3 Å². The van der Waals surface area contributed by atoms with Crippen LogP contribution in [0.15, 0.2) is 16.6 Å². The fourth-order valence-corrected chi connectivity index (χ4v) is 5.79. The number of esters is 1. The standard InChI is InChI=1S/C22H26BrNO4S/c1-5-27-22(26)19-16-7-6-12(2)8-17(16)29-21(19)24-18(25)11-28-20-13(3)9-15(23)10-14(20)4/h9-10,12H,5-8,11H2,1-4H3,(H,24,25)/t12-/m0/s1. The van der Waals surface area contributed by atoms with Crippen LogP contribution < -0.4 is 10.1 Å². The van der Waals surface area contributed by atoms with E-state index in [1.54, 1.807) is 6.92 Å². The molecule has 0 bridgehead atoms. The van der Waals surface area contributed by atoms with Gasteiger partial charge in [-0.15, -0.1) is 11.3 Å². The van der Waals surface area contributed by atoms with Crippen LogP contribution in [0.3, 0.4) is 0 Å². The lowest BCUT2D eigenvalue weighted by molar-refractivity contribution is -0.118. The van der Waals surface area contributed by atoms with E-state index in [0.29, 0.717) is 28.8 Å². The Morgan fingerprint density at radius 2 is 1.97 bits per heavy atom. The molecule has 2 aromatic rings. The Morgan fingerprint density at radius 1 is 1.28 bits per heavy atom. The molecule has 1 heterocycles. The molecule has 0 radical (unpaired) electrons. The van der Waals surface area contributed by atoms with Crippen molar-refractivity contribution in [1.82, 2.24) is 0 Å². The number of amides is 1. The summed E-state index contributed by atoms with van der Waals surface area (Å²) in [4.78, 5) is 26.3. The number of rotatable bonds is 6. The van der Waals surface area contributed by atoms with E-state index in [4.69, 9.17) is 9.47 Å². The molecule has 0 aliphatic heterocycles. The van der Waals surface area contributed by atoms with Gasteiger partial charge in [-0.2, -0.15) is 0 Å². The Balaban J connectivity index is 1.77. The van der Waals surface area contributed by atoms with Crippen molar-refractivity contribution in [2.45, 2.75) is 47.0 Å². The molecule has 0 saturated carbocycles. The summed E-state index contributed by atoms with van der Waals surface area (Å²) in [5.74, 6) is 0.624. The van der Waals surface area contributed by atoms with Crippen LogP contribution in [0.5, 0.6) is 5.75 Å². The SMILES string of the molecule is CCOC(=O)c1c(NC(=O)COc2c(C)cc(Br)cc2C)sc2c1CC[C@H](C)C2. The fraction of sp³-hybridized carbons (Fsp3) is 0.455. The van der Waals surface area contributed by atoms with E-state index in [1.165, 1.54) is 16.2 Å². The van der Waals surface area contributed by atoms with E-state index in [9.17, 15) is 9.59 Å². The number of benzene rings is 1. The topological polar surface area (TPSA) is 64.6 Å². The maximum atomic E-state index is 12.6. The first-order chi connectivity index (χ1) is 13.8. The molecule has 1 amide bonds. The van der Waals surface area contributed by atoms with E-state index in [0.717, 1.165) is 40.4 Å². The Kier molecular flexibility index (Phi) is 7.01. The molecule has 1 aliphatic carbocycles. The Bertz CT molecular complexity index is 914. The second-order valence-electron chi connectivity index (χ2n) is 7.48. The fourth-order valence-electron chi connectivity index (χ4n) is 3.68. The van der Waals surface area contributed by atoms with Gasteiger partial charge in [-0.3, -0.25) is 4.79 Å². The van der Waals surface area contributed by atoms with Crippen LogP contribution in [-0.2, 0) is 22.4 Å². The lowest BCUT2D eigenvalue weighted by atomic mass is 9.88. The van der Waals surface area contributed by atoms with Crippen molar-refractivity contribution in [3.63, 3.8) is 0 Å². The maximum absolute atomic E-state index is 12.6. The molecule has 0 saturated heterocycles. The number of thiophene rings is 1. The van der Waals surface area contributed by atoms with Gasteiger partial charge in [0.2, 0.25) is 0 Å².